The van der Waals surface area contributed by atoms with Gasteiger partial charge in [-0.15, -0.1) is 45.3 Å². The number of aromatic nitrogens is 2. The summed E-state index contributed by atoms with van der Waals surface area (Å²) >= 11 is 7.24. The summed E-state index contributed by atoms with van der Waals surface area (Å²) in [6.45, 7) is 4.48. The summed E-state index contributed by atoms with van der Waals surface area (Å²) in [6.07, 6.45) is 6.84. The number of aryl methyl sites for hydroxylation is 2. The molecule has 0 saturated heterocycles. The molecule has 0 aliphatic rings. The highest BCUT2D eigenvalue weighted by atomic mass is 32.1. The fourth-order valence-corrected chi connectivity index (χ4v) is 7.11. The Kier molecular flexibility index (Phi) is 6.73. The second kappa shape index (κ2) is 9.44. The summed E-state index contributed by atoms with van der Waals surface area (Å²) < 4.78 is 0. The second-order valence-corrected chi connectivity index (χ2v) is 10.6. The van der Waals surface area contributed by atoms with Crippen LogP contribution < -0.4 is 0 Å². The Hall–Kier alpha value is -1.34. The summed E-state index contributed by atoms with van der Waals surface area (Å²) in [5.74, 6) is 0. The van der Waals surface area contributed by atoms with Gasteiger partial charge in [0.1, 0.15) is 0 Å². The van der Waals surface area contributed by atoms with E-state index in [-0.39, 0.29) is 0 Å². The van der Waals surface area contributed by atoms with Gasteiger partial charge in [0.05, 0.1) is 21.1 Å². The Morgan fingerprint density at radius 3 is 1.54 bits per heavy atom. The number of thiophene rings is 2. The molecule has 4 aromatic heterocycles. The van der Waals surface area contributed by atoms with E-state index < -0.39 is 0 Å². The lowest BCUT2D eigenvalue weighted by atomic mass is 10.2. The molecular formula is C22H24N2S4. The summed E-state index contributed by atoms with van der Waals surface area (Å²) in [5.41, 5.74) is 2.49. The average Bonchev–Trinajstić information content (AvgIpc) is 3.49. The molecule has 0 atom stereocenters. The lowest BCUT2D eigenvalue weighted by molar-refractivity contribution is 0.780. The minimum atomic E-state index is 1.05. The minimum absolute atomic E-state index is 1.05. The third-order valence-electron chi connectivity index (χ3n) is 4.60. The van der Waals surface area contributed by atoms with E-state index in [1.54, 1.807) is 22.7 Å². The van der Waals surface area contributed by atoms with Gasteiger partial charge < -0.3 is 0 Å². The van der Waals surface area contributed by atoms with E-state index in [1.165, 1.54) is 56.6 Å². The van der Waals surface area contributed by atoms with Gasteiger partial charge in [0.25, 0.3) is 0 Å². The van der Waals surface area contributed by atoms with E-state index in [1.807, 2.05) is 22.7 Å². The van der Waals surface area contributed by atoms with Crippen LogP contribution in [-0.2, 0) is 12.8 Å². The standard InChI is InChI=1S/C22H24N2S4/c1-3-5-9-15-19(17-11-7-13-25-17)27-21(23-15)22-24-16(10-6-4-2)20(28-22)18-12-8-14-26-18/h7-8,11-14H,3-6,9-10H2,1-2H3. The topological polar surface area (TPSA) is 25.8 Å². The van der Waals surface area contributed by atoms with Crippen LogP contribution in [-0.4, -0.2) is 9.97 Å². The molecule has 0 unspecified atom stereocenters. The Labute approximate surface area is 183 Å². The van der Waals surface area contributed by atoms with Gasteiger partial charge in [0.15, 0.2) is 10.0 Å². The van der Waals surface area contributed by atoms with Gasteiger partial charge in [-0.1, -0.05) is 38.8 Å². The Morgan fingerprint density at radius 2 is 1.18 bits per heavy atom. The molecule has 0 fully saturated rings. The normalized spacial score (nSPS) is 11.4. The molecule has 0 aliphatic carbocycles. The van der Waals surface area contributed by atoms with Gasteiger partial charge >= 0.3 is 0 Å². The van der Waals surface area contributed by atoms with E-state index in [2.05, 4.69) is 48.9 Å². The predicted octanol–water partition coefficient (Wildman–Crippen LogP) is 8.41. The van der Waals surface area contributed by atoms with Crippen LogP contribution in [0.4, 0.5) is 0 Å². The first-order valence-corrected chi connectivity index (χ1v) is 13.3. The predicted molar refractivity (Wildman–Crippen MR) is 127 cm³/mol. The quantitative estimate of drug-likeness (QED) is 0.259. The number of nitrogens with zero attached hydrogens (tertiary/aromatic N) is 2. The molecule has 0 bridgehead atoms. The van der Waals surface area contributed by atoms with E-state index in [4.69, 9.17) is 9.97 Å². The number of hydrogen-bond donors (Lipinski definition) is 0. The van der Waals surface area contributed by atoms with Crippen molar-refractivity contribution in [3.8, 4) is 29.5 Å². The van der Waals surface area contributed by atoms with Crippen molar-refractivity contribution in [3.05, 3.63) is 46.4 Å². The van der Waals surface area contributed by atoms with Crippen LogP contribution in [0.1, 0.15) is 50.9 Å². The molecule has 146 valence electrons. The Morgan fingerprint density at radius 1 is 0.714 bits per heavy atom. The van der Waals surface area contributed by atoms with Crippen LogP contribution in [0.25, 0.3) is 29.5 Å². The van der Waals surface area contributed by atoms with Gasteiger partial charge in [0.2, 0.25) is 0 Å². The molecule has 2 nitrogen and oxygen atoms in total. The zero-order valence-electron chi connectivity index (χ0n) is 16.2. The van der Waals surface area contributed by atoms with Crippen molar-refractivity contribution < 1.29 is 0 Å². The first-order chi connectivity index (χ1) is 13.8. The zero-order chi connectivity index (χ0) is 19.3. The highest BCUT2D eigenvalue weighted by Crippen LogP contribution is 2.43. The van der Waals surface area contributed by atoms with E-state index in [9.17, 15) is 0 Å². The zero-order valence-corrected chi connectivity index (χ0v) is 19.5. The van der Waals surface area contributed by atoms with Crippen molar-refractivity contribution in [3.63, 3.8) is 0 Å². The largest absolute Gasteiger partial charge is 0.238 e. The maximum Gasteiger partial charge on any atom is 0.153 e. The van der Waals surface area contributed by atoms with Gasteiger partial charge in [-0.2, -0.15) is 0 Å². The van der Waals surface area contributed by atoms with Crippen LogP contribution in [0.3, 0.4) is 0 Å². The number of rotatable bonds is 9. The van der Waals surface area contributed by atoms with Crippen LogP contribution >= 0.6 is 45.3 Å². The van der Waals surface area contributed by atoms with Gasteiger partial charge in [-0.05, 0) is 48.6 Å². The van der Waals surface area contributed by atoms with E-state index in [0.717, 1.165) is 22.9 Å². The molecule has 0 N–H and O–H groups in total. The molecule has 4 heterocycles. The molecule has 4 aromatic rings. The summed E-state index contributed by atoms with van der Waals surface area (Å²) in [7, 11) is 0. The van der Waals surface area contributed by atoms with Gasteiger partial charge in [0, 0.05) is 9.75 Å². The minimum Gasteiger partial charge on any atom is -0.238 e. The third kappa shape index (κ3) is 4.30. The highest BCUT2D eigenvalue weighted by Gasteiger charge is 2.20. The SMILES string of the molecule is CCCCc1nc(-c2nc(CCCC)c(-c3cccs3)s2)sc1-c1cccs1. The van der Waals surface area contributed by atoms with E-state index in [0.29, 0.717) is 0 Å². The molecule has 0 spiro atoms. The van der Waals surface area contributed by atoms with Crippen LogP contribution in [0.15, 0.2) is 35.0 Å². The maximum absolute atomic E-state index is 5.07. The third-order valence-corrected chi connectivity index (χ3v) is 9.04. The number of hydrogen-bond acceptors (Lipinski definition) is 6. The van der Waals surface area contributed by atoms with Gasteiger partial charge in [-0.25, -0.2) is 9.97 Å². The molecule has 28 heavy (non-hydrogen) atoms. The van der Waals surface area contributed by atoms with Crippen molar-refractivity contribution in [2.24, 2.45) is 0 Å². The van der Waals surface area contributed by atoms with Crippen LogP contribution in [0, 0.1) is 0 Å². The lowest BCUT2D eigenvalue weighted by Gasteiger charge is -1.98. The molecule has 0 aromatic carbocycles. The first-order valence-electron chi connectivity index (χ1n) is 9.87. The first kappa shape index (κ1) is 20.0. The maximum atomic E-state index is 5.07. The molecular weight excluding hydrogens is 421 g/mol. The highest BCUT2D eigenvalue weighted by molar-refractivity contribution is 7.27. The van der Waals surface area contributed by atoms with Crippen molar-refractivity contribution in [2.45, 2.75) is 52.4 Å². The number of unbranched alkanes of at least 4 members (excludes halogenated alkanes) is 2. The molecule has 0 amide bonds. The Balaban J connectivity index is 1.74. The fourth-order valence-electron chi connectivity index (χ4n) is 3.11. The molecule has 0 radical (unpaired) electrons. The lowest BCUT2D eigenvalue weighted by Crippen LogP contribution is -1.89. The Bertz CT molecular complexity index is 911. The van der Waals surface area contributed by atoms with E-state index >= 15 is 0 Å². The molecule has 6 heteroatoms. The fraction of sp³-hybridized carbons (Fsp3) is 0.364. The van der Waals surface area contributed by atoms with Crippen molar-refractivity contribution >= 4 is 45.3 Å². The second-order valence-electron chi connectivity index (χ2n) is 6.75. The summed E-state index contributed by atoms with van der Waals surface area (Å²) in [6, 6.07) is 8.68. The van der Waals surface area contributed by atoms with Gasteiger partial charge in [-0.3, -0.25) is 0 Å². The molecule has 0 aliphatic heterocycles. The molecule has 4 rings (SSSR count). The van der Waals surface area contributed by atoms with Crippen molar-refractivity contribution in [2.75, 3.05) is 0 Å². The average molecular weight is 445 g/mol. The van der Waals surface area contributed by atoms with Crippen LogP contribution in [0.2, 0.25) is 0 Å². The van der Waals surface area contributed by atoms with Crippen molar-refractivity contribution in [1.82, 2.24) is 9.97 Å². The van der Waals surface area contributed by atoms with Crippen molar-refractivity contribution in [1.29, 1.82) is 0 Å². The summed E-state index contributed by atoms with van der Waals surface area (Å²) in [4.78, 5) is 15.5. The summed E-state index contributed by atoms with van der Waals surface area (Å²) in [5, 5.41) is 6.47. The molecule has 0 saturated carbocycles. The number of thiazole rings is 2. The smallest absolute Gasteiger partial charge is 0.153 e. The van der Waals surface area contributed by atoms with Crippen LogP contribution in [0.5, 0.6) is 0 Å². The monoisotopic (exact) mass is 444 g/mol.